The number of aromatic amines is 1. The van der Waals surface area contributed by atoms with Gasteiger partial charge in [-0.15, -0.1) is 0 Å². The van der Waals surface area contributed by atoms with Gasteiger partial charge in [-0.25, -0.2) is 9.36 Å². The average molecular weight is 500 g/mol. The van der Waals surface area contributed by atoms with Crippen LogP contribution in [-0.4, -0.2) is 38.3 Å². The summed E-state index contributed by atoms with van der Waals surface area (Å²) in [6.07, 6.45) is 5.76. The predicted molar refractivity (Wildman–Crippen MR) is 124 cm³/mol. The molecule has 0 aromatic carbocycles. The van der Waals surface area contributed by atoms with Gasteiger partial charge in [-0.2, -0.15) is 0 Å². The quantitative estimate of drug-likeness (QED) is 0.193. The minimum absolute atomic E-state index is 0.136. The summed E-state index contributed by atoms with van der Waals surface area (Å²) in [7, 11) is -4.01. The number of azide groups is 1. The highest BCUT2D eigenvalue weighted by molar-refractivity contribution is 7.55. The maximum Gasteiger partial charge on any atom is 0.486 e. The molecule has 3 aromatic heterocycles. The molecule has 1 saturated heterocycles. The lowest BCUT2D eigenvalue weighted by molar-refractivity contribution is -0.0234. The van der Waals surface area contributed by atoms with E-state index in [0.29, 0.717) is 11.3 Å². The highest BCUT2D eigenvalue weighted by Crippen LogP contribution is 2.48. The highest BCUT2D eigenvalue weighted by atomic mass is 31.2. The lowest BCUT2D eigenvalue weighted by atomic mass is 10.1. The molecule has 2 N–H and O–H groups in total. The molecule has 0 bridgehead atoms. The van der Waals surface area contributed by atoms with Gasteiger partial charge >= 0.3 is 13.4 Å². The maximum atomic E-state index is 13.6. The lowest BCUT2D eigenvalue weighted by Crippen LogP contribution is -2.33. The molecule has 4 heterocycles. The van der Waals surface area contributed by atoms with E-state index >= 15 is 0 Å². The minimum Gasteiger partial charge on any atom is -0.409 e. The van der Waals surface area contributed by atoms with Crippen LogP contribution in [0.3, 0.4) is 0 Å². The highest BCUT2D eigenvalue weighted by Gasteiger charge is 2.39. The minimum atomic E-state index is -4.01. The number of hydrogen-bond acceptors (Lipinski definition) is 9. The van der Waals surface area contributed by atoms with Crippen molar-refractivity contribution in [2.75, 3.05) is 11.7 Å². The van der Waals surface area contributed by atoms with Gasteiger partial charge in [0, 0.05) is 53.6 Å². The first-order valence-corrected chi connectivity index (χ1v) is 12.0. The smallest absolute Gasteiger partial charge is 0.409 e. The summed E-state index contributed by atoms with van der Waals surface area (Å²) in [6, 6.07) is 5.46. The van der Waals surface area contributed by atoms with E-state index in [0.717, 1.165) is 0 Å². The summed E-state index contributed by atoms with van der Waals surface area (Å²) >= 11 is 0. The van der Waals surface area contributed by atoms with E-state index in [9.17, 15) is 14.2 Å². The molecule has 0 spiro atoms. The van der Waals surface area contributed by atoms with Gasteiger partial charge in [-0.05, 0) is 36.7 Å². The van der Waals surface area contributed by atoms with Crippen LogP contribution >= 0.6 is 7.75 Å². The number of pyridine rings is 2. The molecule has 14 nitrogen and oxygen atoms in total. The molecule has 1 aliphatic heterocycles. The van der Waals surface area contributed by atoms with Crippen molar-refractivity contribution in [2.24, 2.45) is 5.11 Å². The molecular weight excluding hydrogens is 479 g/mol. The number of nitrogens with one attached hydrogen (secondary N) is 2. The normalized spacial score (nSPS) is 21.0. The second-order valence-electron chi connectivity index (χ2n) is 7.53. The third-order valence-corrected chi connectivity index (χ3v) is 6.56. The number of ether oxygens (including phenoxy) is 1. The fraction of sp³-hybridized carbons (Fsp3) is 0.300. The fourth-order valence-electron chi connectivity index (χ4n) is 3.40. The Kier molecular flexibility index (Phi) is 7.28. The first kappa shape index (κ1) is 24.2. The van der Waals surface area contributed by atoms with Crippen LogP contribution < -0.4 is 20.9 Å². The number of H-pyrrole nitrogens is 1. The molecule has 1 unspecified atom stereocenters. The van der Waals surface area contributed by atoms with Crippen molar-refractivity contribution >= 4 is 13.4 Å². The van der Waals surface area contributed by atoms with E-state index < -0.39 is 37.4 Å². The molecule has 182 valence electrons. The van der Waals surface area contributed by atoms with Gasteiger partial charge in [-0.3, -0.25) is 33.9 Å². The molecule has 1 fully saturated rings. The van der Waals surface area contributed by atoms with Crippen LogP contribution in [0.4, 0.5) is 5.69 Å². The van der Waals surface area contributed by atoms with Gasteiger partial charge in [0.15, 0.2) is 0 Å². The van der Waals surface area contributed by atoms with Crippen molar-refractivity contribution in [3.8, 4) is 5.75 Å². The van der Waals surface area contributed by atoms with Crippen LogP contribution in [0.15, 0.2) is 70.0 Å². The third kappa shape index (κ3) is 5.94. The topological polar surface area (TPSA) is 186 Å². The molecule has 0 saturated carbocycles. The Morgan fingerprint density at radius 1 is 1.26 bits per heavy atom. The summed E-state index contributed by atoms with van der Waals surface area (Å²) in [5.74, 6) is 0.247. The Labute approximate surface area is 198 Å². The standard InChI is InChI=1S/C20H21N8O6P/c1-13-11-28(20(30)24-19(13)29)18-10-16(25-27-21)17(33-18)12-32-35(31,26-14-2-6-22-7-3-14)34-15-4-8-23-9-5-15/h2-9,11,16-18H,10,12H2,1H3,(H,22,26,31)(H,24,29,30)/t16-,17+,18+,35?/m0/s1. The number of nitrogens with zero attached hydrogens (tertiary/aromatic N) is 6. The van der Waals surface area contributed by atoms with Crippen molar-refractivity contribution < 1.29 is 18.3 Å². The molecule has 15 heteroatoms. The van der Waals surface area contributed by atoms with Crippen LogP contribution in [0.5, 0.6) is 5.75 Å². The summed E-state index contributed by atoms with van der Waals surface area (Å²) < 4.78 is 32.0. The lowest BCUT2D eigenvalue weighted by Gasteiger charge is -2.23. The molecular formula is C20H21N8O6P. The molecule has 0 radical (unpaired) electrons. The summed E-state index contributed by atoms with van der Waals surface area (Å²) in [4.78, 5) is 36.8. The zero-order valence-corrected chi connectivity index (χ0v) is 19.3. The Balaban J connectivity index is 1.55. The molecule has 0 amide bonds. The zero-order valence-electron chi connectivity index (χ0n) is 18.4. The van der Waals surface area contributed by atoms with E-state index in [-0.39, 0.29) is 18.8 Å². The zero-order chi connectivity index (χ0) is 24.8. The Hall–Kier alpha value is -3.96. The van der Waals surface area contributed by atoms with Crippen LogP contribution in [0.2, 0.25) is 0 Å². The monoisotopic (exact) mass is 500 g/mol. The Morgan fingerprint density at radius 3 is 2.63 bits per heavy atom. The Morgan fingerprint density at radius 2 is 1.94 bits per heavy atom. The summed E-state index contributed by atoms with van der Waals surface area (Å²) in [5, 5.41) is 6.48. The van der Waals surface area contributed by atoms with Gasteiger partial charge in [0.2, 0.25) is 0 Å². The molecule has 1 aliphatic rings. The van der Waals surface area contributed by atoms with Crippen molar-refractivity contribution in [1.29, 1.82) is 0 Å². The van der Waals surface area contributed by atoms with Crippen molar-refractivity contribution in [2.45, 2.75) is 31.7 Å². The largest absolute Gasteiger partial charge is 0.486 e. The number of anilines is 1. The second-order valence-corrected chi connectivity index (χ2v) is 9.19. The first-order valence-electron chi connectivity index (χ1n) is 10.4. The average Bonchev–Trinajstić information content (AvgIpc) is 3.24. The van der Waals surface area contributed by atoms with E-state index in [1.807, 2.05) is 0 Å². The van der Waals surface area contributed by atoms with Gasteiger partial charge in [0.05, 0.1) is 18.8 Å². The van der Waals surface area contributed by atoms with Crippen LogP contribution in [-0.2, 0) is 13.8 Å². The number of aryl methyl sites for hydroxylation is 1. The van der Waals surface area contributed by atoms with E-state index in [2.05, 4.69) is 30.1 Å². The SMILES string of the molecule is Cc1cn([C@H]2C[C@H](N=[N+]=[N-])[C@@H](COP(=O)(Nc3ccncc3)Oc3ccncc3)O2)c(=O)[nH]c1=O. The van der Waals surface area contributed by atoms with E-state index in [1.165, 1.54) is 47.7 Å². The van der Waals surface area contributed by atoms with Gasteiger partial charge in [0.25, 0.3) is 5.56 Å². The van der Waals surface area contributed by atoms with E-state index in [4.69, 9.17) is 19.3 Å². The number of rotatable bonds is 9. The summed E-state index contributed by atoms with van der Waals surface area (Å²) in [5.41, 5.74) is 8.57. The molecule has 35 heavy (non-hydrogen) atoms. The molecule has 0 aliphatic carbocycles. The number of aromatic nitrogens is 4. The van der Waals surface area contributed by atoms with Crippen molar-refractivity contribution in [3.05, 3.63) is 92.1 Å². The Bertz CT molecular complexity index is 1330. The van der Waals surface area contributed by atoms with Gasteiger partial charge in [-0.1, -0.05) is 5.11 Å². The first-order chi connectivity index (χ1) is 16.9. The van der Waals surface area contributed by atoms with Crippen LogP contribution in [0.1, 0.15) is 18.2 Å². The van der Waals surface area contributed by atoms with Crippen molar-refractivity contribution in [3.63, 3.8) is 0 Å². The third-order valence-electron chi connectivity index (χ3n) is 5.09. The van der Waals surface area contributed by atoms with Crippen molar-refractivity contribution in [1.82, 2.24) is 19.5 Å². The van der Waals surface area contributed by atoms with Crippen LogP contribution in [0, 0.1) is 6.92 Å². The van der Waals surface area contributed by atoms with E-state index in [1.54, 1.807) is 19.1 Å². The van der Waals surface area contributed by atoms with Gasteiger partial charge < -0.3 is 9.26 Å². The van der Waals surface area contributed by atoms with Gasteiger partial charge in [0.1, 0.15) is 12.0 Å². The second kappa shape index (κ2) is 10.5. The molecule has 4 rings (SSSR count). The number of hydrogen-bond donors (Lipinski definition) is 2. The van der Waals surface area contributed by atoms with Crippen LogP contribution in [0.25, 0.3) is 10.4 Å². The summed E-state index contributed by atoms with van der Waals surface area (Å²) in [6.45, 7) is 1.25. The fourth-order valence-corrected chi connectivity index (χ4v) is 4.77. The maximum absolute atomic E-state index is 13.6. The predicted octanol–water partition coefficient (Wildman–Crippen LogP) is 2.92. The molecule has 3 aromatic rings. The molecule has 4 atom stereocenters.